The Hall–Kier alpha value is -2.76. The summed E-state index contributed by atoms with van der Waals surface area (Å²) in [5.41, 5.74) is 1.24. The second-order valence-electron chi connectivity index (χ2n) is 3.64. The molecule has 0 spiro atoms. The van der Waals surface area contributed by atoms with Crippen LogP contribution in [0.1, 0.15) is 0 Å². The minimum absolute atomic E-state index is 0.319. The Kier molecular flexibility index (Phi) is 2.45. The fraction of sp³-hybridized carbons (Fsp3) is 0. The smallest absolute Gasteiger partial charge is 0.340 e. The number of benzene rings is 1. The van der Waals surface area contributed by atoms with E-state index in [1.54, 1.807) is 6.20 Å². The third-order valence-electron chi connectivity index (χ3n) is 2.40. The van der Waals surface area contributed by atoms with Crippen molar-refractivity contribution in [3.05, 3.63) is 53.2 Å². The zero-order valence-electron chi connectivity index (χ0n) is 9.29. The molecule has 0 aliphatic heterocycles. The minimum Gasteiger partial charge on any atom is -0.340 e. The molecule has 0 saturated heterocycles. The molecule has 0 unspecified atom stereocenters. The summed E-state index contributed by atoms with van der Waals surface area (Å²) in [5.74, 6) is 0.490. The van der Waals surface area contributed by atoms with Gasteiger partial charge in [0, 0.05) is 18.1 Å². The Bertz CT molecular complexity index is 738. The van der Waals surface area contributed by atoms with Gasteiger partial charge in [0.05, 0.1) is 0 Å². The van der Waals surface area contributed by atoms with Gasteiger partial charge in [0.1, 0.15) is 11.3 Å². The summed E-state index contributed by atoms with van der Waals surface area (Å²) in [6, 6.07) is 9.49. The molecule has 0 bridgehead atoms. The third-order valence-corrected chi connectivity index (χ3v) is 2.40. The molecule has 2 N–H and O–H groups in total. The van der Waals surface area contributed by atoms with Crippen molar-refractivity contribution in [3.8, 4) is 0 Å². The van der Waals surface area contributed by atoms with Gasteiger partial charge >= 0.3 is 5.69 Å². The summed E-state index contributed by atoms with van der Waals surface area (Å²) in [7, 11) is 0. The summed E-state index contributed by atoms with van der Waals surface area (Å²) in [5, 5.41) is 3.09. The van der Waals surface area contributed by atoms with E-state index in [0.29, 0.717) is 17.0 Å². The van der Waals surface area contributed by atoms with Crippen LogP contribution >= 0.6 is 0 Å². The SMILES string of the molecule is O=c1nc2nccnc2c(Nc2ccccc2)[nH]1. The number of rotatable bonds is 2. The Morgan fingerprint density at radius 2 is 1.83 bits per heavy atom. The first kappa shape index (κ1) is 10.4. The van der Waals surface area contributed by atoms with Crippen LogP contribution in [0.25, 0.3) is 11.2 Å². The normalized spacial score (nSPS) is 10.4. The summed E-state index contributed by atoms with van der Waals surface area (Å²) in [4.78, 5) is 26.0. The molecule has 3 rings (SSSR count). The number of nitrogens with zero attached hydrogens (tertiary/aromatic N) is 3. The van der Waals surface area contributed by atoms with E-state index in [-0.39, 0.29) is 0 Å². The first-order valence-corrected chi connectivity index (χ1v) is 5.36. The maximum absolute atomic E-state index is 11.4. The molecule has 0 radical (unpaired) electrons. The zero-order valence-corrected chi connectivity index (χ0v) is 9.29. The molecule has 88 valence electrons. The van der Waals surface area contributed by atoms with Crippen molar-refractivity contribution in [1.29, 1.82) is 0 Å². The van der Waals surface area contributed by atoms with E-state index in [4.69, 9.17) is 0 Å². The molecular formula is C12H9N5O. The number of H-pyrrole nitrogens is 1. The Labute approximate surface area is 102 Å². The molecule has 0 saturated carbocycles. The second kappa shape index (κ2) is 4.25. The molecule has 18 heavy (non-hydrogen) atoms. The number of hydrogen-bond acceptors (Lipinski definition) is 5. The molecule has 2 heterocycles. The third kappa shape index (κ3) is 1.91. The lowest BCUT2D eigenvalue weighted by Gasteiger charge is -2.07. The van der Waals surface area contributed by atoms with Crippen molar-refractivity contribution >= 4 is 22.7 Å². The first-order valence-electron chi connectivity index (χ1n) is 5.36. The highest BCUT2D eigenvalue weighted by Crippen LogP contribution is 2.17. The molecule has 1 aromatic carbocycles. The van der Waals surface area contributed by atoms with E-state index < -0.39 is 5.69 Å². The van der Waals surface area contributed by atoms with Gasteiger partial charge in [-0.15, -0.1) is 0 Å². The van der Waals surface area contributed by atoms with E-state index in [1.807, 2.05) is 30.3 Å². The number of aromatic nitrogens is 4. The van der Waals surface area contributed by atoms with Crippen LogP contribution in [0.5, 0.6) is 0 Å². The first-order chi connectivity index (χ1) is 8.83. The van der Waals surface area contributed by atoms with E-state index >= 15 is 0 Å². The highest BCUT2D eigenvalue weighted by Gasteiger charge is 2.06. The van der Waals surface area contributed by atoms with Gasteiger partial charge in [-0.25, -0.2) is 14.8 Å². The average molecular weight is 239 g/mol. The van der Waals surface area contributed by atoms with Gasteiger partial charge in [-0.3, -0.25) is 4.98 Å². The quantitative estimate of drug-likeness (QED) is 0.707. The van der Waals surface area contributed by atoms with Crippen LogP contribution in [0.15, 0.2) is 47.5 Å². The second-order valence-corrected chi connectivity index (χ2v) is 3.64. The molecular weight excluding hydrogens is 230 g/mol. The Morgan fingerprint density at radius 3 is 2.67 bits per heavy atom. The predicted octanol–water partition coefficient (Wildman–Crippen LogP) is 1.46. The minimum atomic E-state index is -0.457. The predicted molar refractivity (Wildman–Crippen MR) is 67.7 cm³/mol. The standard InChI is InChI=1S/C12H9N5O/c18-12-16-10-9(13-6-7-14-10)11(17-12)15-8-4-2-1-3-5-8/h1-7H,(H2,14,15,16,17,18). The fourth-order valence-corrected chi connectivity index (χ4v) is 1.64. The average Bonchev–Trinajstić information content (AvgIpc) is 2.40. The molecule has 3 aromatic rings. The molecule has 2 aromatic heterocycles. The maximum atomic E-state index is 11.4. The zero-order chi connectivity index (χ0) is 12.4. The van der Waals surface area contributed by atoms with E-state index in [1.165, 1.54) is 6.20 Å². The van der Waals surface area contributed by atoms with Crippen molar-refractivity contribution in [1.82, 2.24) is 19.9 Å². The van der Waals surface area contributed by atoms with Crippen LogP contribution in [0.2, 0.25) is 0 Å². The fourth-order valence-electron chi connectivity index (χ4n) is 1.64. The molecule has 0 aliphatic rings. The largest absolute Gasteiger partial charge is 0.348 e. The summed E-state index contributed by atoms with van der Waals surface area (Å²) < 4.78 is 0. The number of nitrogens with one attached hydrogen (secondary N) is 2. The van der Waals surface area contributed by atoms with Crippen molar-refractivity contribution in [2.75, 3.05) is 5.32 Å². The Morgan fingerprint density at radius 1 is 1.06 bits per heavy atom. The molecule has 0 atom stereocenters. The lowest BCUT2D eigenvalue weighted by Crippen LogP contribution is -2.13. The summed E-state index contributed by atoms with van der Waals surface area (Å²) in [6.45, 7) is 0. The molecule has 6 heteroatoms. The molecule has 6 nitrogen and oxygen atoms in total. The van der Waals surface area contributed by atoms with Gasteiger partial charge in [0.15, 0.2) is 5.65 Å². The van der Waals surface area contributed by atoms with Crippen LogP contribution in [0, 0.1) is 0 Å². The lowest BCUT2D eigenvalue weighted by molar-refractivity contribution is 1.08. The number of fused-ring (bicyclic) bond motifs is 1. The van der Waals surface area contributed by atoms with Gasteiger partial charge in [-0.05, 0) is 12.1 Å². The number of para-hydroxylation sites is 1. The topological polar surface area (TPSA) is 83.6 Å². The van der Waals surface area contributed by atoms with Gasteiger partial charge in [-0.2, -0.15) is 4.98 Å². The lowest BCUT2D eigenvalue weighted by atomic mass is 10.3. The van der Waals surface area contributed by atoms with Crippen molar-refractivity contribution < 1.29 is 0 Å². The van der Waals surface area contributed by atoms with Gasteiger partial charge in [0.2, 0.25) is 0 Å². The summed E-state index contributed by atoms with van der Waals surface area (Å²) >= 11 is 0. The highest BCUT2D eigenvalue weighted by atomic mass is 16.1. The Balaban J connectivity index is 2.14. The number of anilines is 2. The maximum Gasteiger partial charge on any atom is 0.348 e. The number of aromatic amines is 1. The highest BCUT2D eigenvalue weighted by molar-refractivity contribution is 5.83. The van der Waals surface area contributed by atoms with E-state index in [2.05, 4.69) is 25.3 Å². The van der Waals surface area contributed by atoms with Gasteiger partial charge in [-0.1, -0.05) is 18.2 Å². The van der Waals surface area contributed by atoms with Crippen molar-refractivity contribution in [2.45, 2.75) is 0 Å². The molecule has 0 aliphatic carbocycles. The van der Waals surface area contributed by atoms with Crippen LogP contribution in [-0.2, 0) is 0 Å². The van der Waals surface area contributed by atoms with Crippen molar-refractivity contribution in [2.24, 2.45) is 0 Å². The molecule has 0 fully saturated rings. The molecule has 0 amide bonds. The summed E-state index contributed by atoms with van der Waals surface area (Å²) in [6.07, 6.45) is 3.06. The van der Waals surface area contributed by atoms with Crippen LogP contribution in [-0.4, -0.2) is 19.9 Å². The van der Waals surface area contributed by atoms with Crippen LogP contribution in [0.3, 0.4) is 0 Å². The monoisotopic (exact) mass is 239 g/mol. The van der Waals surface area contributed by atoms with Gasteiger partial charge in [0.25, 0.3) is 0 Å². The van der Waals surface area contributed by atoms with Crippen LogP contribution < -0.4 is 11.0 Å². The van der Waals surface area contributed by atoms with E-state index in [9.17, 15) is 4.79 Å². The van der Waals surface area contributed by atoms with Crippen LogP contribution in [0.4, 0.5) is 11.5 Å². The van der Waals surface area contributed by atoms with Crippen molar-refractivity contribution in [3.63, 3.8) is 0 Å². The number of hydrogen-bond donors (Lipinski definition) is 2. The van der Waals surface area contributed by atoms with Gasteiger partial charge < -0.3 is 5.32 Å². The van der Waals surface area contributed by atoms with E-state index in [0.717, 1.165) is 5.69 Å².